The molecule has 17 heavy (non-hydrogen) atoms. The Bertz CT molecular complexity index is 215. The number of hydrogen-bond acceptors (Lipinski definition) is 4. The second-order valence-electron chi connectivity index (χ2n) is 4.44. The maximum Gasteiger partial charge on any atom is 0.221 e. The summed E-state index contributed by atoms with van der Waals surface area (Å²) in [6.45, 7) is 3.74. The number of hydrogen-bond donors (Lipinski definition) is 2. The Morgan fingerprint density at radius 1 is 1.65 bits per heavy atom. The lowest BCUT2D eigenvalue weighted by Gasteiger charge is -2.24. The zero-order chi connectivity index (χ0) is 12.5. The quantitative estimate of drug-likeness (QED) is 0.717. The van der Waals surface area contributed by atoms with E-state index in [0.29, 0.717) is 19.1 Å². The van der Waals surface area contributed by atoms with Crippen LogP contribution >= 0.6 is 11.8 Å². The molecule has 1 heterocycles. The topological polar surface area (TPSA) is 50.4 Å². The van der Waals surface area contributed by atoms with Crippen molar-refractivity contribution in [2.24, 2.45) is 0 Å². The average molecular weight is 260 g/mol. The van der Waals surface area contributed by atoms with Gasteiger partial charge in [0.25, 0.3) is 0 Å². The van der Waals surface area contributed by atoms with Crippen LogP contribution in [0.3, 0.4) is 0 Å². The highest BCUT2D eigenvalue weighted by molar-refractivity contribution is 7.99. The number of ether oxygens (including phenoxy) is 1. The highest BCUT2D eigenvalue weighted by Gasteiger charge is 2.18. The summed E-state index contributed by atoms with van der Waals surface area (Å²) in [6, 6.07) is 0.493. The van der Waals surface area contributed by atoms with Crippen molar-refractivity contribution in [2.45, 2.75) is 38.3 Å². The van der Waals surface area contributed by atoms with Crippen molar-refractivity contribution in [1.82, 2.24) is 10.6 Å². The van der Waals surface area contributed by atoms with E-state index < -0.39 is 0 Å². The van der Waals surface area contributed by atoms with E-state index >= 15 is 0 Å². The summed E-state index contributed by atoms with van der Waals surface area (Å²) >= 11 is 1.92. The van der Waals surface area contributed by atoms with Crippen molar-refractivity contribution in [1.29, 1.82) is 0 Å². The molecule has 1 saturated heterocycles. The molecule has 2 atom stereocenters. The predicted molar refractivity (Wildman–Crippen MR) is 72.4 cm³/mol. The Kier molecular flexibility index (Phi) is 7.64. The molecule has 1 aliphatic heterocycles. The summed E-state index contributed by atoms with van der Waals surface area (Å²) in [4.78, 5) is 11.9. The Morgan fingerprint density at radius 3 is 3.06 bits per heavy atom. The Morgan fingerprint density at radius 2 is 2.47 bits per heavy atom. The Labute approximate surface area is 108 Å². The summed E-state index contributed by atoms with van der Waals surface area (Å²) in [5, 5.41) is 6.43. The van der Waals surface area contributed by atoms with Gasteiger partial charge in [-0.15, -0.1) is 0 Å². The van der Waals surface area contributed by atoms with Gasteiger partial charge in [0.2, 0.25) is 5.91 Å². The first-order valence-corrected chi connectivity index (χ1v) is 7.51. The SMILES string of the molecule is CCCC(COC)NC(=O)CC1CSCCN1. The molecule has 0 saturated carbocycles. The van der Waals surface area contributed by atoms with Gasteiger partial charge in [-0.25, -0.2) is 0 Å². The highest BCUT2D eigenvalue weighted by Crippen LogP contribution is 2.10. The van der Waals surface area contributed by atoms with Crippen molar-refractivity contribution < 1.29 is 9.53 Å². The fraction of sp³-hybridized carbons (Fsp3) is 0.917. The van der Waals surface area contributed by atoms with Crippen LogP contribution in [0.1, 0.15) is 26.2 Å². The van der Waals surface area contributed by atoms with Crippen LogP contribution in [0.2, 0.25) is 0 Å². The summed E-state index contributed by atoms with van der Waals surface area (Å²) in [7, 11) is 1.67. The van der Waals surface area contributed by atoms with Gasteiger partial charge in [-0.2, -0.15) is 11.8 Å². The molecule has 0 spiro atoms. The summed E-state index contributed by atoms with van der Waals surface area (Å²) in [5.41, 5.74) is 0. The monoisotopic (exact) mass is 260 g/mol. The molecule has 4 nitrogen and oxygen atoms in total. The largest absolute Gasteiger partial charge is 0.383 e. The molecule has 0 aliphatic carbocycles. The van der Waals surface area contributed by atoms with Crippen LogP contribution in [-0.4, -0.2) is 49.8 Å². The molecule has 0 aromatic heterocycles. The van der Waals surface area contributed by atoms with Gasteiger partial charge in [-0.3, -0.25) is 4.79 Å². The van der Waals surface area contributed by atoms with E-state index in [0.717, 1.165) is 30.9 Å². The number of carbonyl (C=O) groups is 1. The first-order chi connectivity index (χ1) is 8.26. The lowest BCUT2D eigenvalue weighted by Crippen LogP contribution is -2.44. The van der Waals surface area contributed by atoms with Crippen LogP contribution in [0.5, 0.6) is 0 Å². The van der Waals surface area contributed by atoms with Gasteiger partial charge in [-0.05, 0) is 6.42 Å². The zero-order valence-electron chi connectivity index (χ0n) is 10.8. The van der Waals surface area contributed by atoms with Crippen LogP contribution < -0.4 is 10.6 Å². The van der Waals surface area contributed by atoms with Crippen LogP contribution in [0.15, 0.2) is 0 Å². The van der Waals surface area contributed by atoms with E-state index in [4.69, 9.17) is 4.74 Å². The first kappa shape index (κ1) is 14.8. The van der Waals surface area contributed by atoms with Gasteiger partial charge in [0.05, 0.1) is 12.6 Å². The highest BCUT2D eigenvalue weighted by atomic mass is 32.2. The van der Waals surface area contributed by atoms with E-state index in [1.165, 1.54) is 0 Å². The molecule has 1 fully saturated rings. The Balaban J connectivity index is 2.25. The standard InChI is InChI=1S/C12H24N2O2S/c1-3-4-10(8-16-2)14-12(15)7-11-9-17-6-5-13-11/h10-11,13H,3-9H2,1-2H3,(H,14,15). The lowest BCUT2D eigenvalue weighted by molar-refractivity contribution is -0.122. The van der Waals surface area contributed by atoms with E-state index in [-0.39, 0.29) is 11.9 Å². The minimum atomic E-state index is 0.139. The molecule has 1 aliphatic rings. The smallest absolute Gasteiger partial charge is 0.221 e. The van der Waals surface area contributed by atoms with Gasteiger partial charge in [0, 0.05) is 37.6 Å². The summed E-state index contributed by atoms with van der Waals surface area (Å²) < 4.78 is 5.11. The van der Waals surface area contributed by atoms with E-state index in [2.05, 4.69) is 17.6 Å². The molecular formula is C12H24N2O2S. The fourth-order valence-electron chi connectivity index (χ4n) is 2.01. The van der Waals surface area contributed by atoms with Crippen LogP contribution in [0.25, 0.3) is 0 Å². The second kappa shape index (κ2) is 8.78. The predicted octanol–water partition coefficient (Wildman–Crippen LogP) is 1.01. The van der Waals surface area contributed by atoms with E-state index in [1.807, 2.05) is 11.8 Å². The molecule has 1 amide bonds. The van der Waals surface area contributed by atoms with Gasteiger partial charge < -0.3 is 15.4 Å². The van der Waals surface area contributed by atoms with E-state index in [9.17, 15) is 4.79 Å². The second-order valence-corrected chi connectivity index (χ2v) is 5.59. The number of carbonyl (C=O) groups excluding carboxylic acids is 1. The maximum atomic E-state index is 11.9. The average Bonchev–Trinajstić information content (AvgIpc) is 2.30. The fourth-order valence-corrected chi connectivity index (χ4v) is 2.96. The van der Waals surface area contributed by atoms with Crippen molar-refractivity contribution in [2.75, 3.05) is 31.8 Å². The molecule has 0 radical (unpaired) electrons. The third-order valence-electron chi connectivity index (χ3n) is 2.80. The van der Waals surface area contributed by atoms with Crippen molar-refractivity contribution in [3.8, 4) is 0 Å². The minimum Gasteiger partial charge on any atom is -0.383 e. The van der Waals surface area contributed by atoms with Gasteiger partial charge in [0.15, 0.2) is 0 Å². The lowest BCUT2D eigenvalue weighted by atomic mass is 10.1. The van der Waals surface area contributed by atoms with Crippen LogP contribution in [0, 0.1) is 0 Å². The third kappa shape index (κ3) is 6.29. The molecule has 0 aromatic rings. The number of amides is 1. The van der Waals surface area contributed by atoms with Gasteiger partial charge >= 0.3 is 0 Å². The third-order valence-corrected chi connectivity index (χ3v) is 3.93. The molecule has 100 valence electrons. The molecular weight excluding hydrogens is 236 g/mol. The number of rotatable bonds is 7. The first-order valence-electron chi connectivity index (χ1n) is 6.35. The molecule has 0 aromatic carbocycles. The molecule has 5 heteroatoms. The van der Waals surface area contributed by atoms with Crippen LogP contribution in [0.4, 0.5) is 0 Å². The van der Waals surface area contributed by atoms with Crippen LogP contribution in [-0.2, 0) is 9.53 Å². The van der Waals surface area contributed by atoms with Crippen molar-refractivity contribution >= 4 is 17.7 Å². The number of nitrogens with one attached hydrogen (secondary N) is 2. The van der Waals surface area contributed by atoms with Crippen molar-refractivity contribution in [3.63, 3.8) is 0 Å². The summed E-state index contributed by atoms with van der Waals surface area (Å²) in [6.07, 6.45) is 2.62. The summed E-state index contributed by atoms with van der Waals surface area (Å²) in [5.74, 6) is 2.33. The van der Waals surface area contributed by atoms with Gasteiger partial charge in [-0.1, -0.05) is 13.3 Å². The molecule has 0 bridgehead atoms. The molecule has 2 N–H and O–H groups in total. The normalized spacial score (nSPS) is 22.1. The minimum absolute atomic E-state index is 0.139. The van der Waals surface area contributed by atoms with Crippen molar-refractivity contribution in [3.05, 3.63) is 0 Å². The Hall–Kier alpha value is -0.260. The molecule has 2 unspecified atom stereocenters. The zero-order valence-corrected chi connectivity index (χ0v) is 11.6. The molecule has 1 rings (SSSR count). The van der Waals surface area contributed by atoms with Gasteiger partial charge in [0.1, 0.15) is 0 Å². The van der Waals surface area contributed by atoms with E-state index in [1.54, 1.807) is 7.11 Å². The number of thioether (sulfide) groups is 1. The number of methoxy groups -OCH3 is 1. The maximum absolute atomic E-state index is 11.9.